The van der Waals surface area contributed by atoms with Gasteiger partial charge in [-0.25, -0.2) is 0 Å². The standard InChI is InChI=1S/C6H8N2O3S.H2O4S/c9-12(10,11)8-7-6-4-2-1-3-5-6;1-5(2,3)4/h1-5,7-8H,(H,9,10,11);(H2,1,2,3,4). The minimum atomic E-state index is -4.67. The molecule has 1 aromatic carbocycles. The molecule has 9 nitrogen and oxygen atoms in total. The van der Waals surface area contributed by atoms with Crippen LogP contribution < -0.4 is 10.3 Å². The number of nitrogens with one attached hydrogen (secondary N) is 2. The fourth-order valence-electron chi connectivity index (χ4n) is 0.645. The van der Waals surface area contributed by atoms with Gasteiger partial charge in [-0.3, -0.25) is 13.7 Å². The smallest absolute Gasteiger partial charge is 0.306 e. The molecule has 0 saturated heterocycles. The second-order valence-corrected chi connectivity index (χ2v) is 4.57. The Balaban J connectivity index is 0.000000437. The number of rotatable bonds is 3. The summed E-state index contributed by atoms with van der Waals surface area (Å²) in [5, 5.41) is 0. The number of hydrogen-bond acceptors (Lipinski definition) is 5. The van der Waals surface area contributed by atoms with Crippen LogP contribution in [0.3, 0.4) is 0 Å². The molecule has 0 radical (unpaired) electrons. The second-order valence-electron chi connectivity index (χ2n) is 2.52. The molecule has 1 aromatic rings. The number of hydrogen-bond donors (Lipinski definition) is 5. The molecule has 0 heterocycles. The van der Waals surface area contributed by atoms with Crippen LogP contribution in [-0.2, 0) is 20.7 Å². The molecule has 0 bridgehead atoms. The van der Waals surface area contributed by atoms with E-state index in [1.807, 2.05) is 0 Å². The average molecular weight is 286 g/mol. The summed E-state index contributed by atoms with van der Waals surface area (Å²) in [6, 6.07) is 8.55. The monoisotopic (exact) mass is 286 g/mol. The maximum atomic E-state index is 10.2. The lowest BCUT2D eigenvalue weighted by Gasteiger charge is -2.03. The van der Waals surface area contributed by atoms with Gasteiger partial charge < -0.3 is 5.43 Å². The van der Waals surface area contributed by atoms with Crippen LogP contribution in [0, 0.1) is 0 Å². The zero-order chi connectivity index (χ0) is 13.5. The van der Waals surface area contributed by atoms with Crippen molar-refractivity contribution in [1.29, 1.82) is 0 Å². The SMILES string of the molecule is O=S(=O)(O)NNc1ccccc1.O=S(=O)(O)O. The summed E-state index contributed by atoms with van der Waals surface area (Å²) in [5.41, 5.74) is 2.85. The van der Waals surface area contributed by atoms with Gasteiger partial charge in [-0.1, -0.05) is 18.2 Å². The fraction of sp³-hybridized carbons (Fsp3) is 0. The predicted octanol–water partition coefficient (Wildman–Crippen LogP) is -0.247. The van der Waals surface area contributed by atoms with Crippen molar-refractivity contribution in [3.8, 4) is 0 Å². The third kappa shape index (κ3) is 14.8. The first-order chi connectivity index (χ1) is 7.58. The van der Waals surface area contributed by atoms with E-state index in [4.69, 9.17) is 22.1 Å². The first-order valence-electron chi connectivity index (χ1n) is 3.83. The van der Waals surface area contributed by atoms with E-state index in [1.54, 1.807) is 35.2 Å². The fourth-order valence-corrected chi connectivity index (χ4v) is 0.892. The Hall–Kier alpha value is -1.24. The van der Waals surface area contributed by atoms with Crippen LogP contribution in [0.15, 0.2) is 30.3 Å². The molecular formula is C6H10N2O7S2. The summed E-state index contributed by atoms with van der Waals surface area (Å²) in [6.07, 6.45) is 0. The van der Waals surface area contributed by atoms with Crippen molar-refractivity contribution in [2.24, 2.45) is 0 Å². The van der Waals surface area contributed by atoms with Crippen molar-refractivity contribution < 1.29 is 30.5 Å². The lowest BCUT2D eigenvalue weighted by Crippen LogP contribution is -2.28. The summed E-state index contributed by atoms with van der Waals surface area (Å²) < 4.78 is 60.2. The molecule has 0 atom stereocenters. The van der Waals surface area contributed by atoms with Crippen molar-refractivity contribution in [3.05, 3.63) is 30.3 Å². The summed E-state index contributed by atoms with van der Waals surface area (Å²) >= 11 is 0. The van der Waals surface area contributed by atoms with Crippen molar-refractivity contribution in [1.82, 2.24) is 4.83 Å². The van der Waals surface area contributed by atoms with E-state index in [2.05, 4.69) is 5.43 Å². The zero-order valence-corrected chi connectivity index (χ0v) is 9.81. The van der Waals surface area contributed by atoms with E-state index in [1.165, 1.54) is 0 Å². The molecule has 0 fully saturated rings. The Kier molecular flexibility index (Phi) is 6.01. The van der Waals surface area contributed by atoms with Gasteiger partial charge in [0, 0.05) is 5.69 Å². The lowest BCUT2D eigenvalue weighted by atomic mass is 10.3. The first-order valence-corrected chi connectivity index (χ1v) is 6.67. The Morgan fingerprint density at radius 2 is 1.29 bits per heavy atom. The Bertz CT molecular complexity index is 517. The van der Waals surface area contributed by atoms with Crippen LogP contribution >= 0.6 is 0 Å². The van der Waals surface area contributed by atoms with E-state index in [0.29, 0.717) is 5.69 Å². The van der Waals surface area contributed by atoms with Gasteiger partial charge in [0.1, 0.15) is 0 Å². The van der Waals surface area contributed by atoms with Gasteiger partial charge in [0.2, 0.25) is 0 Å². The van der Waals surface area contributed by atoms with E-state index >= 15 is 0 Å². The van der Waals surface area contributed by atoms with E-state index in [0.717, 1.165) is 0 Å². The van der Waals surface area contributed by atoms with Crippen LogP contribution in [-0.4, -0.2) is 30.5 Å². The summed E-state index contributed by atoms with van der Waals surface area (Å²) in [4.78, 5) is 1.72. The van der Waals surface area contributed by atoms with Gasteiger partial charge in [-0.15, -0.1) is 4.83 Å². The highest BCUT2D eigenvalue weighted by Gasteiger charge is 1.99. The highest BCUT2D eigenvalue weighted by Crippen LogP contribution is 2.02. The van der Waals surface area contributed by atoms with Gasteiger partial charge in [0.25, 0.3) is 0 Å². The molecule has 0 saturated carbocycles. The Morgan fingerprint density at radius 1 is 0.882 bits per heavy atom. The van der Waals surface area contributed by atoms with Crippen molar-refractivity contribution in [2.45, 2.75) is 0 Å². The van der Waals surface area contributed by atoms with Gasteiger partial charge in [0.15, 0.2) is 0 Å². The largest absolute Gasteiger partial charge is 0.394 e. The molecule has 0 aliphatic rings. The second kappa shape index (κ2) is 6.48. The highest BCUT2D eigenvalue weighted by atomic mass is 32.3. The van der Waals surface area contributed by atoms with Crippen molar-refractivity contribution in [3.63, 3.8) is 0 Å². The minimum Gasteiger partial charge on any atom is -0.306 e. The summed E-state index contributed by atoms with van der Waals surface area (Å²) in [7, 11) is -8.85. The lowest BCUT2D eigenvalue weighted by molar-refractivity contribution is 0.381. The molecule has 0 aliphatic carbocycles. The third-order valence-electron chi connectivity index (χ3n) is 1.10. The van der Waals surface area contributed by atoms with Crippen molar-refractivity contribution in [2.75, 3.05) is 5.43 Å². The number of hydrazine groups is 1. The van der Waals surface area contributed by atoms with Crippen LogP contribution in [0.2, 0.25) is 0 Å². The topological polar surface area (TPSA) is 153 Å². The normalized spacial score (nSPS) is 11.2. The quantitative estimate of drug-likeness (QED) is 0.376. The van der Waals surface area contributed by atoms with Crippen molar-refractivity contribution >= 4 is 26.4 Å². The molecule has 0 aromatic heterocycles. The van der Waals surface area contributed by atoms with Crippen LogP contribution in [0.5, 0.6) is 0 Å². The average Bonchev–Trinajstić information content (AvgIpc) is 2.13. The van der Waals surface area contributed by atoms with Gasteiger partial charge in [0.05, 0.1) is 0 Å². The minimum absolute atomic E-state index is 0.551. The molecule has 98 valence electrons. The zero-order valence-electron chi connectivity index (χ0n) is 8.18. The maximum absolute atomic E-state index is 10.2. The molecule has 1 rings (SSSR count). The van der Waals surface area contributed by atoms with E-state index < -0.39 is 20.7 Å². The highest BCUT2D eigenvalue weighted by molar-refractivity contribution is 7.83. The summed E-state index contributed by atoms with van der Waals surface area (Å²) in [5.74, 6) is 0. The van der Waals surface area contributed by atoms with Gasteiger partial charge in [-0.05, 0) is 12.1 Å². The number of para-hydroxylation sites is 1. The maximum Gasteiger partial charge on any atom is 0.394 e. The molecule has 5 N–H and O–H groups in total. The molecular weight excluding hydrogens is 276 g/mol. The molecule has 0 spiro atoms. The van der Waals surface area contributed by atoms with Gasteiger partial charge >= 0.3 is 20.7 Å². The van der Waals surface area contributed by atoms with Crippen LogP contribution in [0.4, 0.5) is 5.69 Å². The van der Waals surface area contributed by atoms with Crippen LogP contribution in [0.25, 0.3) is 0 Å². The Labute approximate surface area is 97.9 Å². The molecule has 0 aliphatic heterocycles. The Morgan fingerprint density at radius 3 is 1.65 bits per heavy atom. The molecule has 0 amide bonds. The van der Waals surface area contributed by atoms with Gasteiger partial charge in [-0.2, -0.15) is 16.8 Å². The summed E-state index contributed by atoms with van der Waals surface area (Å²) in [6.45, 7) is 0. The first kappa shape index (κ1) is 15.8. The van der Waals surface area contributed by atoms with Crippen LogP contribution in [0.1, 0.15) is 0 Å². The molecule has 17 heavy (non-hydrogen) atoms. The molecule has 0 unspecified atom stereocenters. The molecule has 11 heteroatoms. The number of benzene rings is 1. The number of anilines is 1. The van der Waals surface area contributed by atoms with E-state index in [-0.39, 0.29) is 0 Å². The van der Waals surface area contributed by atoms with E-state index in [9.17, 15) is 8.42 Å². The predicted molar refractivity (Wildman–Crippen MR) is 58.9 cm³/mol. The third-order valence-corrected chi connectivity index (χ3v) is 1.46.